The largest absolute Gasteiger partial charge is 0.338 e. The van der Waals surface area contributed by atoms with Gasteiger partial charge in [0.2, 0.25) is 5.91 Å². The van der Waals surface area contributed by atoms with Crippen LogP contribution in [-0.4, -0.2) is 30.4 Å². The maximum atomic E-state index is 12.0. The molecule has 0 bridgehead atoms. The Balaban J connectivity index is 1.76. The Morgan fingerprint density at radius 3 is 2.75 bits per heavy atom. The summed E-state index contributed by atoms with van der Waals surface area (Å²) in [6.07, 6.45) is 5.25. The van der Waals surface area contributed by atoms with E-state index in [0.29, 0.717) is 11.8 Å². The van der Waals surface area contributed by atoms with Gasteiger partial charge in [-0.3, -0.25) is 4.79 Å². The zero-order valence-electron chi connectivity index (χ0n) is 12.1. The second kappa shape index (κ2) is 6.40. The summed E-state index contributed by atoms with van der Waals surface area (Å²) >= 11 is 0. The molecule has 1 aromatic rings. The van der Waals surface area contributed by atoms with Crippen molar-refractivity contribution in [3.05, 3.63) is 35.4 Å². The molecule has 0 aliphatic carbocycles. The zero-order chi connectivity index (χ0) is 13.8. The monoisotopic (exact) mass is 271 g/mol. The smallest absolute Gasteiger partial charge is 0.222 e. The predicted octanol–water partition coefficient (Wildman–Crippen LogP) is 2.68. The summed E-state index contributed by atoms with van der Waals surface area (Å²) < 4.78 is 0. The van der Waals surface area contributed by atoms with Crippen molar-refractivity contribution in [2.24, 2.45) is 0 Å². The number of carbonyl (C=O) groups excluding carboxylic acids is 1. The number of amides is 1. The molecule has 0 atom stereocenters. The standard InChI is InChI=1S/C17H23N2O/c20-17-7-3-4-12-19(17)13-15-5-1-2-6-16(15)14-8-10-18-11-9-14/h1-2,5-6,14H,3-4,7-13H2. The molecule has 0 spiro atoms. The third-order valence-electron chi connectivity index (χ3n) is 4.55. The lowest BCUT2D eigenvalue weighted by Crippen LogP contribution is -2.35. The second-order valence-corrected chi connectivity index (χ2v) is 5.92. The third kappa shape index (κ3) is 3.04. The fourth-order valence-electron chi connectivity index (χ4n) is 3.37. The van der Waals surface area contributed by atoms with Crippen LogP contribution in [0, 0.1) is 0 Å². The van der Waals surface area contributed by atoms with Crippen LogP contribution in [0.15, 0.2) is 24.3 Å². The molecule has 3 heteroatoms. The van der Waals surface area contributed by atoms with Gasteiger partial charge in [-0.1, -0.05) is 24.3 Å². The van der Waals surface area contributed by atoms with Gasteiger partial charge in [-0.05, 0) is 42.7 Å². The molecule has 0 unspecified atom stereocenters. The van der Waals surface area contributed by atoms with Crippen LogP contribution in [0.25, 0.3) is 0 Å². The average molecular weight is 271 g/mol. The van der Waals surface area contributed by atoms with Gasteiger partial charge in [0.15, 0.2) is 0 Å². The van der Waals surface area contributed by atoms with E-state index in [1.165, 1.54) is 11.1 Å². The van der Waals surface area contributed by atoms with E-state index < -0.39 is 0 Å². The minimum atomic E-state index is 0.324. The number of piperidine rings is 2. The van der Waals surface area contributed by atoms with Gasteiger partial charge < -0.3 is 4.90 Å². The fourth-order valence-corrected chi connectivity index (χ4v) is 3.37. The van der Waals surface area contributed by atoms with E-state index in [9.17, 15) is 4.79 Å². The summed E-state index contributed by atoms with van der Waals surface area (Å²) in [5, 5.41) is 4.45. The summed E-state index contributed by atoms with van der Waals surface area (Å²) in [5.74, 6) is 0.952. The van der Waals surface area contributed by atoms with Crippen LogP contribution in [0.2, 0.25) is 0 Å². The Morgan fingerprint density at radius 1 is 1.15 bits per heavy atom. The number of hydrogen-bond acceptors (Lipinski definition) is 1. The summed E-state index contributed by atoms with van der Waals surface area (Å²) in [5.41, 5.74) is 2.79. The van der Waals surface area contributed by atoms with Crippen LogP contribution in [0.5, 0.6) is 0 Å². The van der Waals surface area contributed by atoms with E-state index in [1.54, 1.807) is 0 Å². The molecule has 0 saturated carbocycles. The number of hydrogen-bond donors (Lipinski definition) is 0. The fraction of sp³-hybridized carbons (Fsp3) is 0.588. The first-order valence-electron chi connectivity index (χ1n) is 7.83. The number of nitrogens with zero attached hydrogens (tertiary/aromatic N) is 2. The quantitative estimate of drug-likeness (QED) is 0.832. The molecule has 3 nitrogen and oxygen atoms in total. The Labute approximate surface area is 121 Å². The highest BCUT2D eigenvalue weighted by atomic mass is 16.2. The second-order valence-electron chi connectivity index (χ2n) is 5.92. The zero-order valence-corrected chi connectivity index (χ0v) is 12.1. The van der Waals surface area contributed by atoms with Gasteiger partial charge in [0.25, 0.3) is 0 Å². The topological polar surface area (TPSA) is 34.4 Å². The van der Waals surface area contributed by atoms with Crippen molar-refractivity contribution in [3.63, 3.8) is 0 Å². The molecule has 2 heterocycles. The first kappa shape index (κ1) is 13.6. The SMILES string of the molecule is O=C1CCCCN1Cc1ccccc1C1CC[N]CC1. The molecule has 2 aliphatic heterocycles. The highest BCUT2D eigenvalue weighted by molar-refractivity contribution is 5.76. The molecule has 2 aliphatic rings. The molecule has 3 rings (SSSR count). The Hall–Kier alpha value is -1.35. The number of carbonyl (C=O) groups is 1. The molecule has 0 N–H and O–H groups in total. The minimum absolute atomic E-state index is 0.324. The van der Waals surface area contributed by atoms with E-state index in [-0.39, 0.29) is 0 Å². The highest BCUT2D eigenvalue weighted by Gasteiger charge is 2.22. The van der Waals surface area contributed by atoms with Crippen LogP contribution in [0.3, 0.4) is 0 Å². The maximum Gasteiger partial charge on any atom is 0.222 e. The van der Waals surface area contributed by atoms with E-state index in [0.717, 1.165) is 58.3 Å². The lowest BCUT2D eigenvalue weighted by molar-refractivity contribution is -0.133. The van der Waals surface area contributed by atoms with Gasteiger partial charge >= 0.3 is 0 Å². The first-order valence-corrected chi connectivity index (χ1v) is 7.83. The normalized spacial score (nSPS) is 21.2. The molecule has 20 heavy (non-hydrogen) atoms. The minimum Gasteiger partial charge on any atom is -0.338 e. The van der Waals surface area contributed by atoms with Crippen molar-refractivity contribution in [2.75, 3.05) is 19.6 Å². The molecule has 0 aromatic heterocycles. The average Bonchev–Trinajstić information content (AvgIpc) is 2.51. The van der Waals surface area contributed by atoms with Gasteiger partial charge in [0, 0.05) is 32.6 Å². The van der Waals surface area contributed by atoms with Crippen LogP contribution in [-0.2, 0) is 11.3 Å². The van der Waals surface area contributed by atoms with Crippen molar-refractivity contribution in [2.45, 2.75) is 44.6 Å². The molecule has 1 amide bonds. The van der Waals surface area contributed by atoms with E-state index in [1.807, 2.05) is 4.90 Å². The van der Waals surface area contributed by atoms with Crippen molar-refractivity contribution in [1.82, 2.24) is 10.2 Å². The van der Waals surface area contributed by atoms with Crippen molar-refractivity contribution in [3.8, 4) is 0 Å². The van der Waals surface area contributed by atoms with E-state index >= 15 is 0 Å². The van der Waals surface area contributed by atoms with Gasteiger partial charge in [-0.2, -0.15) is 0 Å². The van der Waals surface area contributed by atoms with Gasteiger partial charge in [0.05, 0.1) is 0 Å². The first-order chi connectivity index (χ1) is 9.84. The van der Waals surface area contributed by atoms with Crippen molar-refractivity contribution in [1.29, 1.82) is 0 Å². The molecular formula is C17H23N2O. The van der Waals surface area contributed by atoms with Crippen molar-refractivity contribution < 1.29 is 4.79 Å². The maximum absolute atomic E-state index is 12.0. The summed E-state index contributed by atoms with van der Waals surface area (Å²) in [4.78, 5) is 14.0. The Kier molecular flexibility index (Phi) is 4.36. The third-order valence-corrected chi connectivity index (χ3v) is 4.55. The predicted molar refractivity (Wildman–Crippen MR) is 79.6 cm³/mol. The number of benzene rings is 1. The molecule has 1 radical (unpaired) electrons. The summed E-state index contributed by atoms with van der Waals surface area (Å²) in [7, 11) is 0. The summed E-state index contributed by atoms with van der Waals surface area (Å²) in [6, 6.07) is 8.67. The Bertz CT molecular complexity index is 466. The number of likely N-dealkylation sites (tertiary alicyclic amines) is 1. The van der Waals surface area contributed by atoms with Crippen LogP contribution < -0.4 is 5.32 Å². The van der Waals surface area contributed by atoms with Crippen molar-refractivity contribution >= 4 is 5.91 Å². The van der Waals surface area contributed by atoms with Crippen LogP contribution in [0.1, 0.15) is 49.1 Å². The van der Waals surface area contributed by atoms with E-state index in [2.05, 4.69) is 29.6 Å². The molecule has 2 fully saturated rings. The Morgan fingerprint density at radius 2 is 1.95 bits per heavy atom. The lowest BCUT2D eigenvalue weighted by atomic mass is 9.87. The molecular weight excluding hydrogens is 248 g/mol. The van der Waals surface area contributed by atoms with Gasteiger partial charge in [-0.15, -0.1) is 0 Å². The molecule has 107 valence electrons. The summed E-state index contributed by atoms with van der Waals surface area (Å²) in [6.45, 7) is 3.69. The molecule has 2 saturated heterocycles. The lowest BCUT2D eigenvalue weighted by Gasteiger charge is -2.30. The highest BCUT2D eigenvalue weighted by Crippen LogP contribution is 2.29. The molecule has 1 aromatic carbocycles. The van der Waals surface area contributed by atoms with Gasteiger partial charge in [-0.25, -0.2) is 5.32 Å². The van der Waals surface area contributed by atoms with Crippen LogP contribution >= 0.6 is 0 Å². The van der Waals surface area contributed by atoms with Crippen LogP contribution in [0.4, 0.5) is 0 Å². The number of rotatable bonds is 3. The van der Waals surface area contributed by atoms with Gasteiger partial charge in [0.1, 0.15) is 0 Å². The van der Waals surface area contributed by atoms with E-state index in [4.69, 9.17) is 0 Å².